The molecule has 0 bridgehead atoms. The van der Waals surface area contributed by atoms with E-state index >= 15 is 0 Å². The third kappa shape index (κ3) is 3.16. The highest BCUT2D eigenvalue weighted by atomic mass is 19.4. The van der Waals surface area contributed by atoms with Crippen molar-refractivity contribution in [1.82, 2.24) is 10.2 Å². The van der Waals surface area contributed by atoms with Gasteiger partial charge in [0.25, 0.3) is 0 Å². The molecule has 0 aromatic rings. The van der Waals surface area contributed by atoms with Crippen molar-refractivity contribution in [2.75, 3.05) is 6.54 Å². The highest BCUT2D eigenvalue weighted by Crippen LogP contribution is 2.64. The molecule has 3 rings (SSSR count). The molecular formula is C17H24F3N3O3. The van der Waals surface area contributed by atoms with Crippen molar-refractivity contribution in [3.05, 3.63) is 0 Å². The van der Waals surface area contributed by atoms with E-state index in [-0.39, 0.29) is 36.1 Å². The van der Waals surface area contributed by atoms with Crippen LogP contribution in [0.3, 0.4) is 0 Å². The Kier molecular flexibility index (Phi) is 4.47. The zero-order valence-electron chi connectivity index (χ0n) is 14.8. The van der Waals surface area contributed by atoms with Crippen molar-refractivity contribution < 1.29 is 27.6 Å². The second-order valence-electron chi connectivity index (χ2n) is 8.35. The molecule has 0 aromatic carbocycles. The van der Waals surface area contributed by atoms with Gasteiger partial charge in [-0.3, -0.25) is 14.4 Å². The van der Waals surface area contributed by atoms with Crippen LogP contribution in [0.15, 0.2) is 0 Å². The number of carbonyl (C=O) groups excluding carboxylic acids is 3. The van der Waals surface area contributed by atoms with Crippen LogP contribution in [0, 0.1) is 23.2 Å². The first-order valence-corrected chi connectivity index (χ1v) is 8.92. The van der Waals surface area contributed by atoms with Crippen LogP contribution in [-0.2, 0) is 14.4 Å². The molecule has 3 unspecified atom stereocenters. The Bertz CT molecular complexity index is 630. The number of likely N-dealkylation sites (tertiary alicyclic amines) is 1. The predicted octanol–water partition coefficient (Wildman–Crippen LogP) is 1.19. The van der Waals surface area contributed by atoms with Crippen molar-refractivity contribution in [2.45, 2.75) is 57.8 Å². The second-order valence-corrected chi connectivity index (χ2v) is 8.35. The Balaban J connectivity index is 1.76. The molecule has 0 aromatic heterocycles. The molecule has 6 nitrogen and oxygen atoms in total. The van der Waals surface area contributed by atoms with E-state index in [2.05, 4.69) is 0 Å². The fourth-order valence-electron chi connectivity index (χ4n) is 4.56. The van der Waals surface area contributed by atoms with Crippen LogP contribution in [-0.4, -0.2) is 47.4 Å². The minimum atomic E-state index is -5.06. The lowest BCUT2D eigenvalue weighted by Gasteiger charge is -2.35. The molecule has 3 amide bonds. The minimum absolute atomic E-state index is 0.0772. The molecule has 2 aliphatic carbocycles. The maximum Gasteiger partial charge on any atom is 0.471 e. The molecule has 9 heteroatoms. The van der Waals surface area contributed by atoms with Crippen LogP contribution in [0.25, 0.3) is 0 Å². The molecular weight excluding hydrogens is 351 g/mol. The van der Waals surface area contributed by atoms with Crippen molar-refractivity contribution in [2.24, 2.45) is 28.9 Å². The zero-order valence-corrected chi connectivity index (χ0v) is 14.8. The maximum atomic E-state index is 12.9. The summed E-state index contributed by atoms with van der Waals surface area (Å²) in [5.41, 5.74) is 5.36. The normalized spacial score (nSPS) is 31.0. The number of rotatable bonds is 5. The molecule has 2 saturated carbocycles. The smallest absolute Gasteiger partial charge is 0.368 e. The number of nitrogens with two attached hydrogens (primary N) is 1. The van der Waals surface area contributed by atoms with E-state index in [0.717, 1.165) is 19.3 Å². The summed E-state index contributed by atoms with van der Waals surface area (Å²) in [6, 6.07) is -2.11. The summed E-state index contributed by atoms with van der Waals surface area (Å²) >= 11 is 0. The third-order valence-corrected chi connectivity index (χ3v) is 6.44. The van der Waals surface area contributed by atoms with Gasteiger partial charge in [0, 0.05) is 6.54 Å². The Labute approximate surface area is 149 Å². The van der Waals surface area contributed by atoms with Crippen LogP contribution in [0.2, 0.25) is 0 Å². The first-order valence-electron chi connectivity index (χ1n) is 8.92. The number of carbonyl (C=O) groups is 3. The molecule has 146 valence electrons. The Morgan fingerprint density at radius 3 is 2.35 bits per heavy atom. The van der Waals surface area contributed by atoms with Gasteiger partial charge in [-0.15, -0.1) is 0 Å². The summed E-state index contributed by atoms with van der Waals surface area (Å²) in [4.78, 5) is 37.5. The van der Waals surface area contributed by atoms with Crippen molar-refractivity contribution in [1.29, 1.82) is 0 Å². The Morgan fingerprint density at radius 1 is 1.27 bits per heavy atom. The minimum Gasteiger partial charge on any atom is -0.368 e. The van der Waals surface area contributed by atoms with Gasteiger partial charge in [-0.1, -0.05) is 33.1 Å². The van der Waals surface area contributed by atoms with E-state index < -0.39 is 36.0 Å². The lowest BCUT2D eigenvalue weighted by Crippen LogP contribution is -2.57. The average molecular weight is 375 g/mol. The molecule has 4 atom stereocenters. The molecule has 3 aliphatic rings. The molecule has 0 radical (unpaired) electrons. The van der Waals surface area contributed by atoms with Gasteiger partial charge < -0.3 is 16.0 Å². The first-order chi connectivity index (χ1) is 11.9. The topological polar surface area (TPSA) is 92.5 Å². The van der Waals surface area contributed by atoms with Gasteiger partial charge in [0.15, 0.2) is 0 Å². The van der Waals surface area contributed by atoms with E-state index in [9.17, 15) is 27.6 Å². The molecule has 1 aliphatic heterocycles. The van der Waals surface area contributed by atoms with E-state index in [1.54, 1.807) is 0 Å². The summed E-state index contributed by atoms with van der Waals surface area (Å²) in [5, 5.41) is 1.84. The predicted molar refractivity (Wildman–Crippen MR) is 85.4 cm³/mol. The first kappa shape index (κ1) is 19.0. The summed E-state index contributed by atoms with van der Waals surface area (Å²) in [5.74, 6) is -3.28. The maximum absolute atomic E-state index is 12.9. The third-order valence-electron chi connectivity index (χ3n) is 6.44. The van der Waals surface area contributed by atoms with E-state index in [1.165, 1.54) is 4.90 Å². The lowest BCUT2D eigenvalue weighted by molar-refractivity contribution is -0.175. The highest BCUT2D eigenvalue weighted by molar-refractivity contribution is 5.93. The van der Waals surface area contributed by atoms with Gasteiger partial charge in [0.1, 0.15) is 12.1 Å². The van der Waals surface area contributed by atoms with E-state index in [1.807, 2.05) is 19.2 Å². The number of hydrogen-bond donors (Lipinski definition) is 2. The van der Waals surface area contributed by atoms with Gasteiger partial charge in [-0.05, 0) is 29.6 Å². The molecule has 3 fully saturated rings. The van der Waals surface area contributed by atoms with Gasteiger partial charge in [-0.2, -0.15) is 13.2 Å². The Hall–Kier alpha value is -1.80. The number of alkyl halides is 3. The van der Waals surface area contributed by atoms with E-state index in [0.29, 0.717) is 0 Å². The van der Waals surface area contributed by atoms with Gasteiger partial charge in [0.2, 0.25) is 11.8 Å². The van der Waals surface area contributed by atoms with Crippen LogP contribution >= 0.6 is 0 Å². The number of piperidine rings is 1. The molecule has 0 spiro atoms. The summed E-state index contributed by atoms with van der Waals surface area (Å²) in [7, 11) is 0. The van der Waals surface area contributed by atoms with Crippen LogP contribution < -0.4 is 11.1 Å². The SMILES string of the molecule is CC1(C)C2CN(C(=O)[C@H](CC3CCC3)NC(=O)C(F)(F)F)C(C(N)=O)C21. The molecule has 1 saturated heterocycles. The second kappa shape index (κ2) is 6.13. The largest absolute Gasteiger partial charge is 0.471 e. The molecule has 26 heavy (non-hydrogen) atoms. The van der Waals surface area contributed by atoms with Crippen molar-refractivity contribution in [3.63, 3.8) is 0 Å². The zero-order chi connectivity index (χ0) is 19.4. The molecule has 1 heterocycles. The van der Waals surface area contributed by atoms with Crippen LogP contribution in [0.4, 0.5) is 13.2 Å². The summed E-state index contributed by atoms with van der Waals surface area (Å²) in [6.07, 6.45) is -2.30. The van der Waals surface area contributed by atoms with Crippen molar-refractivity contribution >= 4 is 17.7 Å². The fraction of sp³-hybridized carbons (Fsp3) is 0.824. The van der Waals surface area contributed by atoms with Gasteiger partial charge in [-0.25, -0.2) is 0 Å². The number of halogens is 3. The number of primary amides is 1. The number of fused-ring (bicyclic) bond motifs is 1. The number of amides is 3. The molecule has 3 N–H and O–H groups in total. The van der Waals surface area contributed by atoms with E-state index in [4.69, 9.17) is 5.73 Å². The standard InChI is InChI=1S/C17H24F3N3O3/c1-16(2)9-7-23(12(11(9)16)13(21)24)14(25)10(6-8-4-3-5-8)22-15(26)17(18,19)20/h8-12H,3-7H2,1-2H3,(H2,21,24)(H,22,26)/t9?,10-,11?,12?/m0/s1. The van der Waals surface area contributed by atoms with Gasteiger partial charge >= 0.3 is 12.1 Å². The number of nitrogens with one attached hydrogen (secondary N) is 1. The fourth-order valence-corrected chi connectivity index (χ4v) is 4.56. The monoisotopic (exact) mass is 375 g/mol. The van der Waals surface area contributed by atoms with Crippen molar-refractivity contribution in [3.8, 4) is 0 Å². The van der Waals surface area contributed by atoms with Crippen LogP contribution in [0.1, 0.15) is 39.5 Å². The lowest BCUT2D eigenvalue weighted by atomic mass is 9.80. The van der Waals surface area contributed by atoms with Crippen LogP contribution in [0.5, 0.6) is 0 Å². The number of nitrogens with zero attached hydrogens (tertiary/aromatic N) is 1. The quantitative estimate of drug-likeness (QED) is 0.756. The summed E-state index contributed by atoms with van der Waals surface area (Å²) < 4.78 is 37.9. The summed E-state index contributed by atoms with van der Waals surface area (Å²) in [6.45, 7) is 4.25. The highest BCUT2D eigenvalue weighted by Gasteiger charge is 2.69. The van der Waals surface area contributed by atoms with Gasteiger partial charge in [0.05, 0.1) is 0 Å². The Morgan fingerprint density at radius 2 is 1.88 bits per heavy atom. The average Bonchev–Trinajstić information content (AvgIpc) is 2.84. The number of hydrogen-bond acceptors (Lipinski definition) is 3.